The standard InChI is InChI=1S/C18H27N7O/c1-2-24-12-21-23-17(24)13-6-9-25(10-7-13)18(26)14-11-20-22-16(14)15-5-3-4-8-19-15/h11-13,15,19H,2-10H2,1H3,(H,20,22). The maximum Gasteiger partial charge on any atom is 0.257 e. The molecule has 1 atom stereocenters. The Labute approximate surface area is 153 Å². The lowest BCUT2D eigenvalue weighted by Gasteiger charge is -2.32. The first-order valence-electron chi connectivity index (χ1n) is 9.71. The maximum absolute atomic E-state index is 13.0. The van der Waals surface area contributed by atoms with E-state index >= 15 is 0 Å². The number of carbonyl (C=O) groups excluding carboxylic acids is 1. The van der Waals surface area contributed by atoms with Crippen molar-refractivity contribution < 1.29 is 4.79 Å². The fraction of sp³-hybridized carbons (Fsp3) is 0.667. The van der Waals surface area contributed by atoms with E-state index in [1.165, 1.54) is 12.8 Å². The molecule has 4 rings (SSSR count). The molecule has 2 fully saturated rings. The molecule has 140 valence electrons. The molecule has 2 aromatic rings. The van der Waals surface area contributed by atoms with Crippen molar-refractivity contribution in [3.8, 4) is 0 Å². The Morgan fingerprint density at radius 1 is 1.27 bits per heavy atom. The summed E-state index contributed by atoms with van der Waals surface area (Å²) in [5, 5.41) is 19.0. The van der Waals surface area contributed by atoms with Crippen LogP contribution in [0.4, 0.5) is 0 Å². The van der Waals surface area contributed by atoms with Gasteiger partial charge in [0.2, 0.25) is 0 Å². The number of piperidine rings is 2. The Kier molecular flexibility index (Phi) is 5.01. The molecule has 0 saturated carbocycles. The number of amides is 1. The minimum atomic E-state index is 0.0940. The van der Waals surface area contributed by atoms with Crippen molar-refractivity contribution in [1.82, 2.24) is 35.2 Å². The van der Waals surface area contributed by atoms with Crippen LogP contribution in [0.5, 0.6) is 0 Å². The van der Waals surface area contributed by atoms with Gasteiger partial charge in [0, 0.05) is 31.6 Å². The number of aromatic nitrogens is 5. The van der Waals surface area contributed by atoms with Gasteiger partial charge in [-0.15, -0.1) is 10.2 Å². The fourth-order valence-corrected chi connectivity index (χ4v) is 4.17. The van der Waals surface area contributed by atoms with Gasteiger partial charge in [-0.1, -0.05) is 6.42 Å². The lowest BCUT2D eigenvalue weighted by atomic mass is 9.94. The monoisotopic (exact) mass is 357 g/mol. The number of H-pyrrole nitrogens is 1. The minimum Gasteiger partial charge on any atom is -0.338 e. The van der Waals surface area contributed by atoms with E-state index in [1.807, 2.05) is 4.90 Å². The second-order valence-electron chi connectivity index (χ2n) is 7.24. The van der Waals surface area contributed by atoms with E-state index in [0.717, 1.165) is 62.5 Å². The van der Waals surface area contributed by atoms with Crippen LogP contribution in [0, 0.1) is 0 Å². The van der Waals surface area contributed by atoms with Crippen LogP contribution in [0.25, 0.3) is 0 Å². The Bertz CT molecular complexity index is 738. The molecule has 0 aliphatic carbocycles. The highest BCUT2D eigenvalue weighted by Crippen LogP contribution is 2.29. The number of aromatic amines is 1. The number of carbonyl (C=O) groups is 1. The number of aryl methyl sites for hydroxylation is 1. The largest absolute Gasteiger partial charge is 0.338 e. The maximum atomic E-state index is 13.0. The van der Waals surface area contributed by atoms with E-state index in [9.17, 15) is 4.79 Å². The van der Waals surface area contributed by atoms with Crippen molar-refractivity contribution in [2.45, 2.75) is 57.5 Å². The average Bonchev–Trinajstić information content (AvgIpc) is 3.37. The zero-order chi connectivity index (χ0) is 17.9. The van der Waals surface area contributed by atoms with Crippen LogP contribution in [-0.4, -0.2) is 55.4 Å². The SMILES string of the molecule is CCn1cnnc1C1CCN(C(=O)c2cn[nH]c2C2CCCCN2)CC1. The summed E-state index contributed by atoms with van der Waals surface area (Å²) < 4.78 is 2.10. The van der Waals surface area contributed by atoms with Crippen molar-refractivity contribution >= 4 is 5.91 Å². The molecule has 4 heterocycles. The molecule has 0 radical (unpaired) electrons. The lowest BCUT2D eigenvalue weighted by Crippen LogP contribution is -2.39. The van der Waals surface area contributed by atoms with Gasteiger partial charge in [-0.25, -0.2) is 0 Å². The first-order valence-corrected chi connectivity index (χ1v) is 9.71. The average molecular weight is 357 g/mol. The Morgan fingerprint density at radius 3 is 2.85 bits per heavy atom. The number of hydrogen-bond donors (Lipinski definition) is 2. The molecule has 1 unspecified atom stereocenters. The highest BCUT2D eigenvalue weighted by atomic mass is 16.2. The minimum absolute atomic E-state index is 0.0940. The summed E-state index contributed by atoms with van der Waals surface area (Å²) in [7, 11) is 0. The molecule has 2 aliphatic rings. The van der Waals surface area contributed by atoms with Crippen molar-refractivity contribution in [2.24, 2.45) is 0 Å². The van der Waals surface area contributed by atoms with Gasteiger partial charge >= 0.3 is 0 Å². The molecule has 1 amide bonds. The zero-order valence-electron chi connectivity index (χ0n) is 15.3. The van der Waals surface area contributed by atoms with Gasteiger partial charge in [0.1, 0.15) is 12.2 Å². The Morgan fingerprint density at radius 2 is 2.12 bits per heavy atom. The van der Waals surface area contributed by atoms with E-state index in [4.69, 9.17) is 0 Å². The Balaban J connectivity index is 1.42. The molecule has 8 nitrogen and oxygen atoms in total. The molecule has 2 N–H and O–H groups in total. The van der Waals surface area contributed by atoms with E-state index in [0.29, 0.717) is 5.92 Å². The summed E-state index contributed by atoms with van der Waals surface area (Å²) in [6, 6.07) is 0.214. The highest BCUT2D eigenvalue weighted by molar-refractivity contribution is 5.95. The van der Waals surface area contributed by atoms with E-state index in [-0.39, 0.29) is 11.9 Å². The summed E-state index contributed by atoms with van der Waals surface area (Å²) >= 11 is 0. The van der Waals surface area contributed by atoms with Crippen LogP contribution in [0.2, 0.25) is 0 Å². The molecule has 0 spiro atoms. The topological polar surface area (TPSA) is 91.7 Å². The summed E-state index contributed by atoms with van der Waals surface area (Å²) in [5.74, 6) is 1.52. The third-order valence-corrected chi connectivity index (χ3v) is 5.69. The zero-order valence-corrected chi connectivity index (χ0v) is 15.3. The quantitative estimate of drug-likeness (QED) is 0.871. The summed E-state index contributed by atoms with van der Waals surface area (Å²) in [5.41, 5.74) is 1.67. The predicted octanol–water partition coefficient (Wildman–Crippen LogP) is 1.86. The normalized spacial score (nSPS) is 21.9. The molecule has 2 aliphatic heterocycles. The van der Waals surface area contributed by atoms with Crippen LogP contribution in [-0.2, 0) is 6.54 Å². The highest BCUT2D eigenvalue weighted by Gasteiger charge is 2.30. The third-order valence-electron chi connectivity index (χ3n) is 5.69. The lowest BCUT2D eigenvalue weighted by molar-refractivity contribution is 0.0708. The van der Waals surface area contributed by atoms with Gasteiger partial charge < -0.3 is 14.8 Å². The fourth-order valence-electron chi connectivity index (χ4n) is 4.17. The van der Waals surface area contributed by atoms with Gasteiger partial charge in [-0.3, -0.25) is 9.89 Å². The molecule has 2 aromatic heterocycles. The predicted molar refractivity (Wildman–Crippen MR) is 96.8 cm³/mol. The van der Waals surface area contributed by atoms with Crippen molar-refractivity contribution in [3.63, 3.8) is 0 Å². The van der Waals surface area contributed by atoms with Crippen molar-refractivity contribution in [2.75, 3.05) is 19.6 Å². The molecule has 2 saturated heterocycles. The number of hydrogen-bond acceptors (Lipinski definition) is 5. The van der Waals surface area contributed by atoms with Crippen molar-refractivity contribution in [3.05, 3.63) is 29.6 Å². The molecular weight excluding hydrogens is 330 g/mol. The number of nitrogens with zero attached hydrogens (tertiary/aromatic N) is 5. The van der Waals surface area contributed by atoms with Crippen LogP contribution in [0.1, 0.15) is 72.9 Å². The number of likely N-dealkylation sites (tertiary alicyclic amines) is 1. The first-order chi connectivity index (χ1) is 12.8. The van der Waals surface area contributed by atoms with Crippen LogP contribution in [0.15, 0.2) is 12.5 Å². The number of rotatable bonds is 4. The molecule has 26 heavy (non-hydrogen) atoms. The van der Waals surface area contributed by atoms with Gasteiger partial charge in [0.25, 0.3) is 5.91 Å². The van der Waals surface area contributed by atoms with Gasteiger partial charge in [0.05, 0.1) is 17.5 Å². The van der Waals surface area contributed by atoms with Gasteiger partial charge in [0.15, 0.2) is 0 Å². The van der Waals surface area contributed by atoms with E-state index < -0.39 is 0 Å². The summed E-state index contributed by atoms with van der Waals surface area (Å²) in [6.07, 6.45) is 8.78. The first kappa shape index (κ1) is 17.2. The third kappa shape index (κ3) is 3.25. The van der Waals surface area contributed by atoms with Crippen LogP contribution < -0.4 is 5.32 Å². The summed E-state index contributed by atoms with van der Waals surface area (Å²) in [4.78, 5) is 15.0. The second-order valence-corrected chi connectivity index (χ2v) is 7.24. The molecular formula is C18H27N7O. The molecule has 0 aromatic carbocycles. The smallest absolute Gasteiger partial charge is 0.257 e. The Hall–Kier alpha value is -2.22. The van der Waals surface area contributed by atoms with Gasteiger partial charge in [-0.2, -0.15) is 5.10 Å². The second kappa shape index (κ2) is 7.57. The van der Waals surface area contributed by atoms with Crippen LogP contribution >= 0.6 is 0 Å². The molecule has 8 heteroatoms. The summed E-state index contributed by atoms with van der Waals surface area (Å²) in [6.45, 7) is 5.49. The van der Waals surface area contributed by atoms with Gasteiger partial charge in [-0.05, 0) is 39.2 Å². The number of nitrogens with one attached hydrogen (secondary N) is 2. The molecule has 0 bridgehead atoms. The van der Waals surface area contributed by atoms with E-state index in [1.54, 1.807) is 12.5 Å². The van der Waals surface area contributed by atoms with Crippen molar-refractivity contribution in [1.29, 1.82) is 0 Å². The van der Waals surface area contributed by atoms with E-state index in [2.05, 4.69) is 37.2 Å². The van der Waals surface area contributed by atoms with Crippen LogP contribution in [0.3, 0.4) is 0 Å².